The van der Waals surface area contributed by atoms with Crippen LogP contribution in [0.25, 0.3) is 0 Å². The highest BCUT2D eigenvalue weighted by Gasteiger charge is 2.36. The minimum atomic E-state index is 0.168. The molecule has 0 amide bonds. The van der Waals surface area contributed by atoms with Crippen LogP contribution in [0.3, 0.4) is 0 Å². The van der Waals surface area contributed by atoms with Crippen LogP contribution in [0.5, 0.6) is 0 Å². The first-order valence-electron chi connectivity index (χ1n) is 8.62. The zero-order valence-electron chi connectivity index (χ0n) is 15.0. The van der Waals surface area contributed by atoms with Crippen LogP contribution in [-0.2, 0) is 16.7 Å². The van der Waals surface area contributed by atoms with Crippen LogP contribution < -0.4 is 0 Å². The van der Waals surface area contributed by atoms with E-state index in [1.807, 2.05) is 7.11 Å². The van der Waals surface area contributed by atoms with Crippen molar-refractivity contribution in [3.63, 3.8) is 0 Å². The van der Waals surface area contributed by atoms with E-state index in [0.29, 0.717) is 5.92 Å². The average molecular weight is 304 g/mol. The van der Waals surface area contributed by atoms with Gasteiger partial charge in [-0.15, -0.1) is 0 Å². The van der Waals surface area contributed by atoms with E-state index >= 15 is 0 Å². The van der Waals surface area contributed by atoms with Crippen molar-refractivity contribution in [2.24, 2.45) is 0 Å². The molecule has 3 nitrogen and oxygen atoms in total. The summed E-state index contributed by atoms with van der Waals surface area (Å²) in [5, 5.41) is 0. The number of pyridine rings is 1. The third-order valence-corrected chi connectivity index (χ3v) is 4.86. The highest BCUT2D eigenvalue weighted by Crippen LogP contribution is 2.41. The van der Waals surface area contributed by atoms with E-state index in [0.717, 1.165) is 13.2 Å². The second-order valence-electron chi connectivity index (χ2n) is 7.40. The SMILES string of the molecule is COCC1(c2ccc(C(C)C)nc2CN(C)C)CCCCC1. The Bertz CT molecular complexity index is 471. The molecular formula is C19H32N2O. The normalized spacial score (nSPS) is 18.1. The van der Waals surface area contributed by atoms with Gasteiger partial charge < -0.3 is 9.64 Å². The summed E-state index contributed by atoms with van der Waals surface area (Å²) < 4.78 is 5.64. The van der Waals surface area contributed by atoms with Gasteiger partial charge in [0.2, 0.25) is 0 Å². The molecule has 1 aliphatic rings. The fourth-order valence-corrected chi connectivity index (χ4v) is 3.74. The Balaban J connectivity index is 2.45. The number of ether oxygens (including phenoxy) is 1. The molecule has 1 saturated carbocycles. The van der Waals surface area contributed by atoms with Crippen molar-refractivity contribution in [3.05, 3.63) is 29.1 Å². The Kier molecular flexibility index (Phi) is 5.99. The monoisotopic (exact) mass is 304 g/mol. The van der Waals surface area contributed by atoms with Gasteiger partial charge in [-0.3, -0.25) is 4.98 Å². The standard InChI is InChI=1S/C19H32N2O/c1-15(2)17-10-9-16(18(20-17)13-21(3)4)19(14-22-5)11-7-6-8-12-19/h9-10,15H,6-8,11-14H2,1-5H3. The van der Waals surface area contributed by atoms with Crippen molar-refractivity contribution in [1.29, 1.82) is 0 Å². The molecule has 0 N–H and O–H groups in total. The summed E-state index contributed by atoms with van der Waals surface area (Å²) in [6, 6.07) is 4.57. The second-order valence-corrected chi connectivity index (χ2v) is 7.40. The molecule has 0 aliphatic heterocycles. The van der Waals surface area contributed by atoms with Crippen LogP contribution in [0.15, 0.2) is 12.1 Å². The Morgan fingerprint density at radius 3 is 2.41 bits per heavy atom. The van der Waals surface area contributed by atoms with E-state index in [1.54, 1.807) is 0 Å². The Hall–Kier alpha value is -0.930. The summed E-state index contributed by atoms with van der Waals surface area (Å²) in [5.74, 6) is 0.472. The molecule has 2 rings (SSSR count). The van der Waals surface area contributed by atoms with E-state index < -0.39 is 0 Å². The molecule has 0 radical (unpaired) electrons. The van der Waals surface area contributed by atoms with E-state index in [1.165, 1.54) is 49.1 Å². The fraction of sp³-hybridized carbons (Fsp3) is 0.737. The molecule has 0 atom stereocenters. The number of methoxy groups -OCH3 is 1. The summed E-state index contributed by atoms with van der Waals surface area (Å²) in [4.78, 5) is 7.24. The average Bonchev–Trinajstić information content (AvgIpc) is 2.47. The molecule has 1 heterocycles. The van der Waals surface area contributed by atoms with Crippen LogP contribution in [-0.4, -0.2) is 37.7 Å². The zero-order chi connectivity index (χ0) is 16.2. The maximum absolute atomic E-state index is 5.64. The smallest absolute Gasteiger partial charge is 0.0585 e. The maximum Gasteiger partial charge on any atom is 0.0585 e. The highest BCUT2D eigenvalue weighted by atomic mass is 16.5. The molecule has 0 spiro atoms. The molecule has 0 bridgehead atoms. The van der Waals surface area contributed by atoms with Crippen molar-refractivity contribution >= 4 is 0 Å². The lowest BCUT2D eigenvalue weighted by Crippen LogP contribution is -2.36. The molecule has 22 heavy (non-hydrogen) atoms. The van der Waals surface area contributed by atoms with Gasteiger partial charge >= 0.3 is 0 Å². The van der Waals surface area contributed by atoms with Crippen LogP contribution in [0, 0.1) is 0 Å². The summed E-state index contributed by atoms with van der Waals surface area (Å²) in [6.45, 7) is 6.15. The molecular weight excluding hydrogens is 272 g/mol. The largest absolute Gasteiger partial charge is 0.384 e. The predicted octanol–water partition coefficient (Wildman–Crippen LogP) is 4.11. The van der Waals surface area contributed by atoms with Crippen molar-refractivity contribution in [3.8, 4) is 0 Å². The van der Waals surface area contributed by atoms with Crippen molar-refractivity contribution in [1.82, 2.24) is 9.88 Å². The minimum Gasteiger partial charge on any atom is -0.384 e. The van der Waals surface area contributed by atoms with Crippen LogP contribution in [0.4, 0.5) is 0 Å². The fourth-order valence-electron chi connectivity index (χ4n) is 3.74. The van der Waals surface area contributed by atoms with Crippen molar-refractivity contribution < 1.29 is 4.74 Å². The van der Waals surface area contributed by atoms with Crippen LogP contribution in [0.2, 0.25) is 0 Å². The number of hydrogen-bond acceptors (Lipinski definition) is 3. The first kappa shape index (κ1) is 17.4. The first-order valence-corrected chi connectivity index (χ1v) is 8.62. The summed E-state index contributed by atoms with van der Waals surface area (Å²) in [5.41, 5.74) is 4.03. The lowest BCUT2D eigenvalue weighted by molar-refractivity contribution is 0.102. The Morgan fingerprint density at radius 1 is 1.18 bits per heavy atom. The summed E-state index contributed by atoms with van der Waals surface area (Å²) in [7, 11) is 6.08. The van der Waals surface area contributed by atoms with Gasteiger partial charge in [-0.05, 0) is 44.5 Å². The molecule has 3 heteroatoms. The lowest BCUT2D eigenvalue weighted by Gasteiger charge is -2.38. The lowest BCUT2D eigenvalue weighted by atomic mass is 9.69. The van der Waals surface area contributed by atoms with Gasteiger partial charge in [-0.25, -0.2) is 0 Å². The van der Waals surface area contributed by atoms with Gasteiger partial charge in [0, 0.05) is 24.8 Å². The molecule has 1 aromatic heterocycles. The van der Waals surface area contributed by atoms with E-state index in [4.69, 9.17) is 9.72 Å². The van der Waals surface area contributed by atoms with Crippen LogP contribution in [0.1, 0.15) is 68.8 Å². The quantitative estimate of drug-likeness (QED) is 0.790. The van der Waals surface area contributed by atoms with Gasteiger partial charge in [0.1, 0.15) is 0 Å². The maximum atomic E-state index is 5.64. The van der Waals surface area contributed by atoms with Gasteiger partial charge in [0.05, 0.1) is 12.3 Å². The van der Waals surface area contributed by atoms with Gasteiger partial charge in [0.15, 0.2) is 0 Å². The zero-order valence-corrected chi connectivity index (χ0v) is 15.0. The number of nitrogens with zero attached hydrogens (tertiary/aromatic N) is 2. The third kappa shape index (κ3) is 3.88. The molecule has 124 valence electrons. The molecule has 0 aromatic carbocycles. The summed E-state index contributed by atoms with van der Waals surface area (Å²) in [6.07, 6.45) is 6.41. The van der Waals surface area contributed by atoms with Gasteiger partial charge in [-0.1, -0.05) is 39.2 Å². The molecule has 1 aromatic rings. The minimum absolute atomic E-state index is 0.168. The van der Waals surface area contributed by atoms with Crippen molar-refractivity contribution in [2.75, 3.05) is 27.8 Å². The Labute approximate surface area is 136 Å². The first-order chi connectivity index (χ1) is 10.5. The van der Waals surface area contributed by atoms with Crippen LogP contribution >= 0.6 is 0 Å². The number of aromatic nitrogens is 1. The third-order valence-electron chi connectivity index (χ3n) is 4.86. The van der Waals surface area contributed by atoms with Crippen molar-refractivity contribution in [2.45, 2.75) is 63.8 Å². The van der Waals surface area contributed by atoms with Gasteiger partial charge in [0.25, 0.3) is 0 Å². The Morgan fingerprint density at radius 2 is 1.86 bits per heavy atom. The molecule has 1 fully saturated rings. The number of rotatable bonds is 6. The molecule has 1 aliphatic carbocycles. The van der Waals surface area contributed by atoms with E-state index in [-0.39, 0.29) is 5.41 Å². The topological polar surface area (TPSA) is 25.4 Å². The molecule has 0 unspecified atom stereocenters. The predicted molar refractivity (Wildman–Crippen MR) is 92.4 cm³/mol. The highest BCUT2D eigenvalue weighted by molar-refractivity contribution is 5.33. The number of hydrogen-bond donors (Lipinski definition) is 0. The van der Waals surface area contributed by atoms with E-state index in [2.05, 4.69) is 45.0 Å². The second kappa shape index (κ2) is 7.56. The summed E-state index contributed by atoms with van der Waals surface area (Å²) >= 11 is 0. The van der Waals surface area contributed by atoms with E-state index in [9.17, 15) is 0 Å². The molecule has 0 saturated heterocycles. The van der Waals surface area contributed by atoms with Gasteiger partial charge in [-0.2, -0.15) is 0 Å².